The Balaban J connectivity index is 1.67. The monoisotopic (exact) mass is 387 g/mol. The second-order valence-corrected chi connectivity index (χ2v) is 6.61. The normalized spacial score (nSPS) is 10.4. The lowest BCUT2D eigenvalue weighted by molar-refractivity contribution is 0.0467. The minimum absolute atomic E-state index is 0.0354. The number of thiazole rings is 1. The molecule has 0 aliphatic rings. The molecule has 132 valence electrons. The van der Waals surface area contributed by atoms with Gasteiger partial charge in [-0.05, 0) is 29.8 Å². The lowest BCUT2D eigenvalue weighted by Crippen LogP contribution is -2.07. The maximum atomic E-state index is 12.2. The Labute approximate surface area is 159 Å². The quantitative estimate of drug-likeness (QED) is 0.598. The highest BCUT2D eigenvalue weighted by Gasteiger charge is 2.14. The smallest absolute Gasteiger partial charge is 0.358 e. The van der Waals surface area contributed by atoms with Crippen LogP contribution in [0, 0.1) is 0 Å². The minimum Gasteiger partial charge on any atom is -0.465 e. The second-order valence-electron chi connectivity index (χ2n) is 5.32. The van der Waals surface area contributed by atoms with E-state index in [9.17, 15) is 9.59 Å². The molecule has 0 spiro atoms. The molecule has 0 saturated carbocycles. The van der Waals surface area contributed by atoms with E-state index in [1.807, 2.05) is 12.1 Å². The number of carbonyl (C=O) groups is 2. The summed E-state index contributed by atoms with van der Waals surface area (Å²) in [7, 11) is 1.31. The molecule has 0 aliphatic carbocycles. The molecule has 1 aromatic heterocycles. The van der Waals surface area contributed by atoms with Crippen LogP contribution in [0.2, 0.25) is 5.02 Å². The molecule has 0 saturated heterocycles. The summed E-state index contributed by atoms with van der Waals surface area (Å²) in [4.78, 5) is 28.1. The fourth-order valence-electron chi connectivity index (χ4n) is 2.25. The van der Waals surface area contributed by atoms with E-state index in [4.69, 9.17) is 16.3 Å². The number of benzene rings is 2. The first kappa shape index (κ1) is 18.1. The van der Waals surface area contributed by atoms with Gasteiger partial charge in [-0.15, -0.1) is 11.3 Å². The molecule has 0 aliphatic heterocycles. The molecule has 0 radical (unpaired) electrons. The van der Waals surface area contributed by atoms with Gasteiger partial charge in [0.25, 0.3) is 0 Å². The number of esters is 2. The summed E-state index contributed by atoms with van der Waals surface area (Å²) >= 11 is 7.32. The van der Waals surface area contributed by atoms with Crippen molar-refractivity contribution in [3.05, 3.63) is 75.8 Å². The second kappa shape index (κ2) is 8.12. The van der Waals surface area contributed by atoms with Crippen LogP contribution >= 0.6 is 22.9 Å². The van der Waals surface area contributed by atoms with E-state index in [1.165, 1.54) is 18.4 Å². The third-order valence-electron chi connectivity index (χ3n) is 3.50. The summed E-state index contributed by atoms with van der Waals surface area (Å²) in [6.07, 6.45) is 0. The van der Waals surface area contributed by atoms with Crippen LogP contribution in [-0.2, 0) is 16.1 Å². The van der Waals surface area contributed by atoms with Gasteiger partial charge in [0.2, 0.25) is 0 Å². The summed E-state index contributed by atoms with van der Waals surface area (Å²) in [5.74, 6) is -0.971. The molecule has 0 fully saturated rings. The summed E-state index contributed by atoms with van der Waals surface area (Å²) in [5, 5.41) is 2.93. The Kier molecular flexibility index (Phi) is 5.65. The molecular weight excluding hydrogens is 374 g/mol. The molecule has 0 N–H and O–H groups in total. The van der Waals surface area contributed by atoms with E-state index in [-0.39, 0.29) is 12.3 Å². The Hall–Kier alpha value is -2.70. The topological polar surface area (TPSA) is 65.5 Å². The van der Waals surface area contributed by atoms with Gasteiger partial charge in [0.1, 0.15) is 11.6 Å². The zero-order valence-corrected chi connectivity index (χ0v) is 15.3. The van der Waals surface area contributed by atoms with E-state index in [1.54, 1.807) is 41.8 Å². The molecule has 26 heavy (non-hydrogen) atoms. The van der Waals surface area contributed by atoms with Crippen LogP contribution in [0.5, 0.6) is 0 Å². The Morgan fingerprint density at radius 2 is 1.92 bits per heavy atom. The van der Waals surface area contributed by atoms with Crippen molar-refractivity contribution < 1.29 is 19.1 Å². The van der Waals surface area contributed by atoms with Gasteiger partial charge in [-0.1, -0.05) is 35.9 Å². The van der Waals surface area contributed by atoms with Gasteiger partial charge >= 0.3 is 11.9 Å². The number of rotatable bonds is 5. The highest BCUT2D eigenvalue weighted by Crippen LogP contribution is 2.26. The van der Waals surface area contributed by atoms with Crippen molar-refractivity contribution in [1.82, 2.24) is 4.98 Å². The van der Waals surface area contributed by atoms with E-state index in [0.29, 0.717) is 21.2 Å². The van der Waals surface area contributed by atoms with Crippen molar-refractivity contribution in [2.45, 2.75) is 6.61 Å². The van der Waals surface area contributed by atoms with Gasteiger partial charge in [0.05, 0.1) is 12.7 Å². The van der Waals surface area contributed by atoms with Gasteiger partial charge in [-0.25, -0.2) is 14.6 Å². The SMILES string of the molecule is COC(=O)c1cccc(COC(=O)c2csc(-c3cccc(Cl)c3)n2)c1. The lowest BCUT2D eigenvalue weighted by atomic mass is 10.1. The number of halogens is 1. The van der Waals surface area contributed by atoms with Gasteiger partial charge in [-0.3, -0.25) is 0 Å². The molecular formula is C19H14ClNO4S. The van der Waals surface area contributed by atoms with Crippen molar-refractivity contribution in [2.24, 2.45) is 0 Å². The summed E-state index contributed by atoms with van der Waals surface area (Å²) in [6, 6.07) is 14.0. The molecule has 3 rings (SSSR count). The highest BCUT2D eigenvalue weighted by molar-refractivity contribution is 7.13. The van der Waals surface area contributed by atoms with E-state index in [2.05, 4.69) is 9.72 Å². The Bertz CT molecular complexity index is 954. The predicted octanol–water partition coefficient (Wildman–Crippen LogP) is 4.61. The molecule has 0 amide bonds. The fraction of sp³-hybridized carbons (Fsp3) is 0.105. The third kappa shape index (κ3) is 4.28. The fourth-order valence-corrected chi connectivity index (χ4v) is 3.23. The standard InChI is InChI=1S/C19H14ClNO4S/c1-24-18(22)14-6-2-4-12(8-14)10-25-19(23)16-11-26-17(21-16)13-5-3-7-15(20)9-13/h2-9,11H,10H2,1H3. The van der Waals surface area contributed by atoms with Crippen LogP contribution in [0.3, 0.4) is 0 Å². The van der Waals surface area contributed by atoms with Gasteiger partial charge < -0.3 is 9.47 Å². The Morgan fingerprint density at radius 1 is 1.12 bits per heavy atom. The molecule has 0 bridgehead atoms. The Morgan fingerprint density at radius 3 is 2.69 bits per heavy atom. The van der Waals surface area contributed by atoms with E-state index >= 15 is 0 Å². The lowest BCUT2D eigenvalue weighted by Gasteiger charge is -2.05. The zero-order valence-electron chi connectivity index (χ0n) is 13.8. The largest absolute Gasteiger partial charge is 0.465 e. The number of carbonyl (C=O) groups excluding carboxylic acids is 2. The van der Waals surface area contributed by atoms with Crippen LogP contribution in [-0.4, -0.2) is 24.0 Å². The predicted molar refractivity (Wildman–Crippen MR) is 99.5 cm³/mol. The first-order chi connectivity index (χ1) is 12.6. The molecule has 5 nitrogen and oxygen atoms in total. The number of aromatic nitrogens is 1. The molecule has 7 heteroatoms. The van der Waals surface area contributed by atoms with Gasteiger partial charge in [0, 0.05) is 16.0 Å². The molecule has 0 unspecified atom stereocenters. The van der Waals surface area contributed by atoms with Crippen LogP contribution in [0.4, 0.5) is 0 Å². The molecule has 2 aromatic carbocycles. The first-order valence-corrected chi connectivity index (χ1v) is 8.88. The van der Waals surface area contributed by atoms with Crippen LogP contribution in [0.25, 0.3) is 10.6 Å². The number of ether oxygens (including phenoxy) is 2. The first-order valence-electron chi connectivity index (χ1n) is 7.62. The van der Waals surface area contributed by atoms with Crippen molar-refractivity contribution in [2.75, 3.05) is 7.11 Å². The number of hydrogen-bond acceptors (Lipinski definition) is 6. The molecule has 1 heterocycles. The van der Waals surface area contributed by atoms with E-state index < -0.39 is 11.9 Å². The van der Waals surface area contributed by atoms with Crippen LogP contribution in [0.15, 0.2) is 53.9 Å². The van der Waals surface area contributed by atoms with Gasteiger partial charge in [0.15, 0.2) is 5.69 Å². The number of hydrogen-bond donors (Lipinski definition) is 0. The molecule has 0 atom stereocenters. The summed E-state index contributed by atoms with van der Waals surface area (Å²) in [6.45, 7) is 0.0354. The average Bonchev–Trinajstić information content (AvgIpc) is 3.16. The van der Waals surface area contributed by atoms with Crippen molar-refractivity contribution in [3.63, 3.8) is 0 Å². The van der Waals surface area contributed by atoms with Crippen LogP contribution in [0.1, 0.15) is 26.4 Å². The third-order valence-corrected chi connectivity index (χ3v) is 4.63. The number of methoxy groups -OCH3 is 1. The number of nitrogens with zero attached hydrogens (tertiary/aromatic N) is 1. The van der Waals surface area contributed by atoms with Crippen molar-refractivity contribution in [3.8, 4) is 10.6 Å². The summed E-state index contributed by atoms with van der Waals surface area (Å²) in [5.41, 5.74) is 2.16. The van der Waals surface area contributed by atoms with Gasteiger partial charge in [-0.2, -0.15) is 0 Å². The van der Waals surface area contributed by atoms with Crippen molar-refractivity contribution >= 4 is 34.9 Å². The maximum absolute atomic E-state index is 12.2. The van der Waals surface area contributed by atoms with Crippen LogP contribution < -0.4 is 0 Å². The van der Waals surface area contributed by atoms with E-state index in [0.717, 1.165) is 5.56 Å². The maximum Gasteiger partial charge on any atom is 0.358 e. The highest BCUT2D eigenvalue weighted by atomic mass is 35.5. The minimum atomic E-state index is -0.530. The molecule has 3 aromatic rings. The average molecular weight is 388 g/mol. The summed E-state index contributed by atoms with van der Waals surface area (Å²) < 4.78 is 9.96. The zero-order chi connectivity index (χ0) is 18.5. The van der Waals surface area contributed by atoms with Crippen molar-refractivity contribution in [1.29, 1.82) is 0 Å².